The van der Waals surface area contributed by atoms with Gasteiger partial charge in [0.2, 0.25) is 0 Å². The van der Waals surface area contributed by atoms with Gasteiger partial charge in [-0.25, -0.2) is 4.79 Å². The van der Waals surface area contributed by atoms with Crippen LogP contribution in [0, 0.1) is 11.8 Å². The van der Waals surface area contributed by atoms with Gasteiger partial charge >= 0.3 is 12.2 Å². The van der Waals surface area contributed by atoms with Crippen LogP contribution in [-0.4, -0.2) is 99.7 Å². The fourth-order valence-corrected chi connectivity index (χ4v) is 6.71. The van der Waals surface area contributed by atoms with Gasteiger partial charge in [-0.05, 0) is 56.2 Å². The van der Waals surface area contributed by atoms with Crippen LogP contribution in [0.25, 0.3) is 0 Å². The lowest BCUT2D eigenvalue weighted by molar-refractivity contribution is -0.138. The van der Waals surface area contributed by atoms with Crippen LogP contribution in [0.5, 0.6) is 0 Å². The van der Waals surface area contributed by atoms with Crippen LogP contribution >= 0.6 is 0 Å². The maximum absolute atomic E-state index is 13.4. The van der Waals surface area contributed by atoms with Crippen molar-refractivity contribution in [2.75, 3.05) is 46.3 Å². The highest BCUT2D eigenvalue weighted by Crippen LogP contribution is 2.41. The van der Waals surface area contributed by atoms with E-state index in [9.17, 15) is 22.8 Å². The van der Waals surface area contributed by atoms with E-state index in [1.165, 1.54) is 29.8 Å². The number of hydrogen-bond acceptors (Lipinski definition) is 5. The molecular formula is C28H35F3N6O2. The summed E-state index contributed by atoms with van der Waals surface area (Å²) >= 11 is 0. The van der Waals surface area contributed by atoms with Crippen molar-refractivity contribution in [3.05, 3.63) is 53.3 Å². The van der Waals surface area contributed by atoms with E-state index < -0.39 is 11.7 Å². The number of nitrogens with zero attached hydrogens (tertiary/aromatic N) is 6. The lowest BCUT2D eigenvalue weighted by atomic mass is 10.0. The summed E-state index contributed by atoms with van der Waals surface area (Å²) < 4.78 is 41.5. The molecule has 0 unspecified atom stereocenters. The van der Waals surface area contributed by atoms with E-state index in [0.29, 0.717) is 49.6 Å². The normalized spacial score (nSPS) is 25.9. The molecule has 0 spiro atoms. The Labute approximate surface area is 226 Å². The highest BCUT2D eigenvalue weighted by atomic mass is 19.4. The minimum absolute atomic E-state index is 0.0826. The van der Waals surface area contributed by atoms with Gasteiger partial charge in [-0.1, -0.05) is 18.2 Å². The average Bonchev–Trinajstić information content (AvgIpc) is 3.31. The lowest BCUT2D eigenvalue weighted by Gasteiger charge is -2.34. The molecular weight excluding hydrogens is 509 g/mol. The fraction of sp³-hybridized carbons (Fsp3) is 0.607. The molecule has 4 aliphatic rings. The van der Waals surface area contributed by atoms with Crippen molar-refractivity contribution in [1.82, 2.24) is 29.4 Å². The Hall–Kier alpha value is -2.92. The van der Waals surface area contributed by atoms with Gasteiger partial charge in [0.1, 0.15) is 0 Å². The Bertz CT molecular complexity index is 1210. The summed E-state index contributed by atoms with van der Waals surface area (Å²) in [6.45, 7) is 4.61. The van der Waals surface area contributed by atoms with E-state index in [1.807, 2.05) is 16.8 Å². The van der Waals surface area contributed by atoms with Crippen molar-refractivity contribution >= 4 is 11.9 Å². The number of halogens is 3. The minimum atomic E-state index is -4.37. The van der Waals surface area contributed by atoms with E-state index >= 15 is 0 Å². The number of likely N-dealkylation sites (tertiary alicyclic amines) is 1. The van der Waals surface area contributed by atoms with Gasteiger partial charge in [0.15, 0.2) is 0 Å². The van der Waals surface area contributed by atoms with Crippen molar-refractivity contribution in [1.29, 1.82) is 0 Å². The quantitative estimate of drug-likeness (QED) is 0.576. The summed E-state index contributed by atoms with van der Waals surface area (Å²) in [7, 11) is 1.88. The van der Waals surface area contributed by atoms with Gasteiger partial charge in [-0.2, -0.15) is 23.0 Å². The van der Waals surface area contributed by atoms with Crippen LogP contribution in [0.2, 0.25) is 0 Å². The second-order valence-corrected chi connectivity index (χ2v) is 11.6. The molecule has 0 radical (unpaired) electrons. The molecule has 2 aliphatic heterocycles. The topological polar surface area (TPSA) is 64.9 Å². The molecule has 1 aromatic heterocycles. The predicted octanol–water partition coefficient (Wildman–Crippen LogP) is 3.63. The number of hydrogen-bond donors (Lipinski definition) is 0. The van der Waals surface area contributed by atoms with Gasteiger partial charge in [-0.3, -0.25) is 14.6 Å². The SMILES string of the molecule is CN(Cc1ccccc1C(F)(F)F)[C@@H]1C[C@@H]2CN(C(=O)n3cc(C(=O)N4CCN(C5CC5)CC4)cn3)C[C@@H]2C1. The largest absolute Gasteiger partial charge is 0.416 e. The Morgan fingerprint density at radius 1 is 1.00 bits per heavy atom. The lowest BCUT2D eigenvalue weighted by Crippen LogP contribution is -2.49. The number of alkyl halides is 3. The molecule has 210 valence electrons. The summed E-state index contributed by atoms with van der Waals surface area (Å²) in [4.78, 5) is 34.3. The number of carbonyl (C=O) groups excluding carboxylic acids is 2. The first-order valence-corrected chi connectivity index (χ1v) is 13.9. The molecule has 2 saturated heterocycles. The summed E-state index contributed by atoms with van der Waals surface area (Å²) in [5, 5.41) is 4.21. The van der Waals surface area contributed by atoms with E-state index in [4.69, 9.17) is 0 Å². The monoisotopic (exact) mass is 544 g/mol. The predicted molar refractivity (Wildman–Crippen MR) is 138 cm³/mol. The molecule has 0 bridgehead atoms. The highest BCUT2D eigenvalue weighted by Gasteiger charge is 2.44. The maximum atomic E-state index is 13.4. The second kappa shape index (κ2) is 10.2. The Morgan fingerprint density at radius 2 is 1.67 bits per heavy atom. The molecule has 2 aliphatic carbocycles. The molecule has 4 fully saturated rings. The number of rotatable bonds is 5. The number of carbonyl (C=O) groups is 2. The Balaban J connectivity index is 1.01. The first kappa shape index (κ1) is 26.3. The smallest absolute Gasteiger partial charge is 0.336 e. The third-order valence-corrected chi connectivity index (χ3v) is 9.05. The van der Waals surface area contributed by atoms with Crippen LogP contribution in [-0.2, 0) is 12.7 Å². The zero-order valence-corrected chi connectivity index (χ0v) is 22.2. The molecule has 2 amide bonds. The van der Waals surface area contributed by atoms with Crippen LogP contribution in [0.1, 0.15) is 47.2 Å². The van der Waals surface area contributed by atoms with Crippen LogP contribution < -0.4 is 0 Å². The number of fused-ring (bicyclic) bond motifs is 1. The first-order chi connectivity index (χ1) is 18.7. The molecule has 39 heavy (non-hydrogen) atoms. The molecule has 0 N–H and O–H groups in total. The second-order valence-electron chi connectivity index (χ2n) is 11.6. The van der Waals surface area contributed by atoms with Crippen molar-refractivity contribution in [3.63, 3.8) is 0 Å². The summed E-state index contributed by atoms with van der Waals surface area (Å²) in [6.07, 6.45) is 2.86. The van der Waals surface area contributed by atoms with Crippen molar-refractivity contribution in [3.8, 4) is 0 Å². The maximum Gasteiger partial charge on any atom is 0.416 e. The Morgan fingerprint density at radius 3 is 2.31 bits per heavy atom. The molecule has 11 heteroatoms. The highest BCUT2D eigenvalue weighted by molar-refractivity contribution is 5.94. The number of benzene rings is 1. The standard InChI is InChI=1S/C28H35F3N6O2/c1-33(15-19-4-2-3-5-25(19)28(29,30)31)24-12-20-16-36(17-21(20)13-24)27(39)37-18-22(14-32-37)26(38)35-10-8-34(9-11-35)23-6-7-23/h2-5,14,18,20-21,23-24H,6-13,15-17H2,1H3/t20-,21+,24-. The number of amides is 2. The van der Waals surface area contributed by atoms with Crippen molar-refractivity contribution in [2.24, 2.45) is 11.8 Å². The first-order valence-electron chi connectivity index (χ1n) is 13.9. The summed E-state index contributed by atoms with van der Waals surface area (Å²) in [6, 6.07) is 6.40. The zero-order chi connectivity index (χ0) is 27.3. The summed E-state index contributed by atoms with van der Waals surface area (Å²) in [5.41, 5.74) is 0.142. The van der Waals surface area contributed by atoms with Gasteiger partial charge in [0.25, 0.3) is 5.91 Å². The van der Waals surface area contributed by atoms with Gasteiger partial charge in [-0.15, -0.1) is 0 Å². The van der Waals surface area contributed by atoms with Crippen LogP contribution in [0.4, 0.5) is 18.0 Å². The van der Waals surface area contributed by atoms with E-state index in [0.717, 1.165) is 32.0 Å². The number of aromatic nitrogens is 2. The van der Waals surface area contributed by atoms with E-state index in [1.54, 1.807) is 23.2 Å². The fourth-order valence-electron chi connectivity index (χ4n) is 6.71. The zero-order valence-electron chi connectivity index (χ0n) is 22.2. The van der Waals surface area contributed by atoms with E-state index in [-0.39, 0.29) is 30.1 Å². The molecule has 6 rings (SSSR count). The van der Waals surface area contributed by atoms with Crippen molar-refractivity contribution < 1.29 is 22.8 Å². The van der Waals surface area contributed by atoms with Gasteiger partial charge in [0, 0.05) is 64.1 Å². The molecule has 1 aromatic carbocycles. The van der Waals surface area contributed by atoms with E-state index in [2.05, 4.69) is 10.00 Å². The third kappa shape index (κ3) is 5.43. The molecule has 3 heterocycles. The third-order valence-electron chi connectivity index (χ3n) is 9.05. The van der Waals surface area contributed by atoms with Gasteiger partial charge < -0.3 is 9.80 Å². The minimum Gasteiger partial charge on any atom is -0.336 e. The summed E-state index contributed by atoms with van der Waals surface area (Å²) in [5.74, 6) is 0.526. The molecule has 8 nitrogen and oxygen atoms in total. The molecule has 2 aromatic rings. The number of piperazine rings is 1. The van der Waals surface area contributed by atoms with Crippen LogP contribution in [0.3, 0.4) is 0 Å². The van der Waals surface area contributed by atoms with Crippen LogP contribution in [0.15, 0.2) is 36.7 Å². The Kier molecular flexibility index (Phi) is 6.91. The molecule has 3 atom stereocenters. The molecule has 2 saturated carbocycles. The van der Waals surface area contributed by atoms with Crippen molar-refractivity contribution in [2.45, 2.75) is 50.5 Å². The average molecular weight is 545 g/mol. The van der Waals surface area contributed by atoms with Gasteiger partial charge in [0.05, 0.1) is 17.3 Å².